The maximum absolute atomic E-state index is 9.38. The van der Waals surface area contributed by atoms with Crippen molar-refractivity contribution in [1.82, 2.24) is 9.97 Å². The minimum absolute atomic E-state index is 0.344. The number of hydrogen-bond donors (Lipinski definition) is 1. The summed E-state index contributed by atoms with van der Waals surface area (Å²) in [5.41, 5.74) is 2.45. The summed E-state index contributed by atoms with van der Waals surface area (Å²) in [4.78, 5) is 8.79. The highest BCUT2D eigenvalue weighted by molar-refractivity contribution is 6.30. The number of nitrogens with one attached hydrogen (secondary N) is 1. The molecule has 0 atom stereocenters. The molecule has 7 heteroatoms. The number of nitrogens with zero attached hydrogens (tertiary/aromatic N) is 4. The fourth-order valence-electron chi connectivity index (χ4n) is 2.76. The zero-order valence-corrected chi connectivity index (χ0v) is 15.4. The van der Waals surface area contributed by atoms with E-state index in [0.717, 1.165) is 18.5 Å². The Hall–Kier alpha value is -3.61. The highest BCUT2D eigenvalue weighted by Crippen LogP contribution is 2.39. The lowest BCUT2D eigenvalue weighted by Crippen LogP contribution is -2.00. The van der Waals surface area contributed by atoms with E-state index in [1.54, 1.807) is 42.6 Å². The summed E-state index contributed by atoms with van der Waals surface area (Å²) in [6.45, 7) is 0. The number of ether oxygens (including phenoxy) is 1. The van der Waals surface area contributed by atoms with Crippen LogP contribution in [0.5, 0.6) is 11.5 Å². The maximum atomic E-state index is 9.38. The Balaban J connectivity index is 1.61. The first kappa shape index (κ1) is 17.8. The molecule has 3 aromatic rings. The average Bonchev–Trinajstić information content (AvgIpc) is 3.53. The van der Waals surface area contributed by atoms with Gasteiger partial charge in [-0.2, -0.15) is 10.5 Å². The lowest BCUT2D eigenvalue weighted by atomic mass is 10.2. The number of rotatable bonds is 5. The largest absolute Gasteiger partial charge is 0.456 e. The predicted octanol–water partition coefficient (Wildman–Crippen LogP) is 5.29. The van der Waals surface area contributed by atoms with E-state index in [-0.39, 0.29) is 0 Å². The van der Waals surface area contributed by atoms with Gasteiger partial charge in [-0.25, -0.2) is 9.97 Å². The normalized spacial score (nSPS) is 12.7. The molecule has 0 unspecified atom stereocenters. The Kier molecular flexibility index (Phi) is 4.80. The fraction of sp³-hybridized carbons (Fsp3) is 0.143. The van der Waals surface area contributed by atoms with Gasteiger partial charge in [0.15, 0.2) is 0 Å². The average molecular weight is 388 g/mol. The first-order chi connectivity index (χ1) is 13.6. The van der Waals surface area contributed by atoms with Crippen molar-refractivity contribution in [3.05, 3.63) is 70.5 Å². The zero-order valence-electron chi connectivity index (χ0n) is 14.7. The van der Waals surface area contributed by atoms with Crippen LogP contribution in [0.4, 0.5) is 11.6 Å². The molecular weight excluding hydrogens is 374 g/mol. The standard InChI is InChI=1S/C21H14ClN5O/c22-16-7-13(11-23)8-18(9-16)28-20-10-17(4-3-15(20)12-24)26-21-25-6-5-19(27-21)14-1-2-14/h3-10,14H,1-2H2,(H,25,26,27). The third kappa shape index (κ3) is 4.03. The zero-order chi connectivity index (χ0) is 19.5. The molecule has 1 saturated carbocycles. The van der Waals surface area contributed by atoms with Gasteiger partial charge in [-0.3, -0.25) is 0 Å². The van der Waals surface area contributed by atoms with E-state index >= 15 is 0 Å². The van der Waals surface area contributed by atoms with Gasteiger partial charge in [0.05, 0.1) is 17.2 Å². The molecule has 6 nitrogen and oxygen atoms in total. The van der Waals surface area contributed by atoms with Crippen LogP contribution in [-0.4, -0.2) is 9.97 Å². The van der Waals surface area contributed by atoms with Gasteiger partial charge in [-0.05, 0) is 49.2 Å². The van der Waals surface area contributed by atoms with Crippen LogP contribution in [0.25, 0.3) is 0 Å². The molecule has 1 aliphatic carbocycles. The summed E-state index contributed by atoms with van der Waals surface area (Å²) in [6.07, 6.45) is 4.06. The molecular formula is C21H14ClN5O. The van der Waals surface area contributed by atoms with Gasteiger partial charge in [0.1, 0.15) is 17.6 Å². The van der Waals surface area contributed by atoms with Gasteiger partial charge in [0, 0.05) is 34.6 Å². The van der Waals surface area contributed by atoms with Crippen molar-refractivity contribution in [2.45, 2.75) is 18.8 Å². The molecule has 0 spiro atoms. The highest BCUT2D eigenvalue weighted by atomic mass is 35.5. The molecule has 136 valence electrons. The maximum Gasteiger partial charge on any atom is 0.227 e. The third-order valence-corrected chi connectivity index (χ3v) is 4.48. The minimum Gasteiger partial charge on any atom is -0.456 e. The summed E-state index contributed by atoms with van der Waals surface area (Å²) in [5, 5.41) is 22.0. The van der Waals surface area contributed by atoms with E-state index in [0.29, 0.717) is 45.2 Å². The monoisotopic (exact) mass is 387 g/mol. The van der Waals surface area contributed by atoms with Crippen LogP contribution in [0.3, 0.4) is 0 Å². The topological polar surface area (TPSA) is 94.6 Å². The summed E-state index contributed by atoms with van der Waals surface area (Å²) < 4.78 is 5.84. The van der Waals surface area contributed by atoms with Crippen molar-refractivity contribution in [3.8, 4) is 23.6 Å². The van der Waals surface area contributed by atoms with Gasteiger partial charge in [0.2, 0.25) is 5.95 Å². The Morgan fingerprint density at radius 1 is 1.07 bits per heavy atom. The van der Waals surface area contributed by atoms with Gasteiger partial charge in [-0.15, -0.1) is 0 Å². The lowest BCUT2D eigenvalue weighted by molar-refractivity contribution is 0.481. The van der Waals surface area contributed by atoms with Crippen LogP contribution in [0, 0.1) is 22.7 Å². The SMILES string of the molecule is N#Cc1cc(Cl)cc(Oc2cc(Nc3nccc(C4CC4)n3)ccc2C#N)c1. The molecule has 1 N–H and O–H groups in total. The van der Waals surface area contributed by atoms with E-state index in [4.69, 9.17) is 21.6 Å². The van der Waals surface area contributed by atoms with Crippen molar-refractivity contribution in [3.63, 3.8) is 0 Å². The highest BCUT2D eigenvalue weighted by Gasteiger charge is 2.25. The van der Waals surface area contributed by atoms with Crippen molar-refractivity contribution >= 4 is 23.2 Å². The van der Waals surface area contributed by atoms with Crippen LogP contribution < -0.4 is 10.1 Å². The molecule has 0 bridgehead atoms. The van der Waals surface area contributed by atoms with Crippen molar-refractivity contribution in [2.75, 3.05) is 5.32 Å². The van der Waals surface area contributed by atoms with Gasteiger partial charge in [-0.1, -0.05) is 11.6 Å². The molecule has 1 aliphatic rings. The van der Waals surface area contributed by atoms with E-state index in [1.807, 2.05) is 12.1 Å². The van der Waals surface area contributed by atoms with Crippen LogP contribution in [0.2, 0.25) is 5.02 Å². The van der Waals surface area contributed by atoms with Gasteiger partial charge in [0.25, 0.3) is 0 Å². The smallest absolute Gasteiger partial charge is 0.227 e. The second kappa shape index (κ2) is 7.56. The molecule has 0 aliphatic heterocycles. The molecule has 4 rings (SSSR count). The number of aromatic nitrogens is 2. The van der Waals surface area contributed by atoms with Crippen LogP contribution >= 0.6 is 11.6 Å². The first-order valence-electron chi connectivity index (χ1n) is 8.67. The van der Waals surface area contributed by atoms with Gasteiger partial charge < -0.3 is 10.1 Å². The third-order valence-electron chi connectivity index (χ3n) is 4.26. The molecule has 0 radical (unpaired) electrons. The fourth-order valence-corrected chi connectivity index (χ4v) is 2.98. The number of anilines is 2. The van der Waals surface area contributed by atoms with Crippen molar-refractivity contribution in [1.29, 1.82) is 10.5 Å². The van der Waals surface area contributed by atoms with Crippen molar-refractivity contribution in [2.24, 2.45) is 0 Å². The molecule has 0 saturated heterocycles. The Morgan fingerprint density at radius 3 is 2.68 bits per heavy atom. The second-order valence-electron chi connectivity index (χ2n) is 6.42. The second-order valence-corrected chi connectivity index (χ2v) is 6.85. The molecule has 1 fully saturated rings. The van der Waals surface area contributed by atoms with Crippen LogP contribution in [0.1, 0.15) is 35.6 Å². The molecule has 1 aromatic heterocycles. The predicted molar refractivity (Wildman–Crippen MR) is 105 cm³/mol. The van der Waals surface area contributed by atoms with E-state index in [1.165, 1.54) is 0 Å². The minimum atomic E-state index is 0.344. The Labute approximate surface area is 167 Å². The van der Waals surface area contributed by atoms with Gasteiger partial charge >= 0.3 is 0 Å². The molecule has 2 aromatic carbocycles. The summed E-state index contributed by atoms with van der Waals surface area (Å²) >= 11 is 6.03. The van der Waals surface area contributed by atoms with E-state index in [9.17, 15) is 5.26 Å². The first-order valence-corrected chi connectivity index (χ1v) is 9.05. The van der Waals surface area contributed by atoms with Crippen LogP contribution in [0.15, 0.2) is 48.7 Å². The number of nitriles is 2. The molecule has 28 heavy (non-hydrogen) atoms. The molecule has 1 heterocycles. The summed E-state index contributed by atoms with van der Waals surface area (Å²) in [6, 6.07) is 15.9. The quantitative estimate of drug-likeness (QED) is 0.639. The summed E-state index contributed by atoms with van der Waals surface area (Å²) in [5.74, 6) is 1.75. The number of hydrogen-bond acceptors (Lipinski definition) is 6. The van der Waals surface area contributed by atoms with Crippen molar-refractivity contribution < 1.29 is 4.74 Å². The Morgan fingerprint density at radius 2 is 1.93 bits per heavy atom. The van der Waals surface area contributed by atoms with Crippen LogP contribution in [-0.2, 0) is 0 Å². The lowest BCUT2D eigenvalue weighted by Gasteiger charge is -2.11. The molecule has 0 amide bonds. The summed E-state index contributed by atoms with van der Waals surface area (Å²) in [7, 11) is 0. The van der Waals surface area contributed by atoms with E-state index < -0.39 is 0 Å². The number of benzene rings is 2. The van der Waals surface area contributed by atoms with E-state index in [2.05, 4.69) is 21.4 Å². The Bertz CT molecular complexity index is 1130. The number of halogens is 1.